The Morgan fingerprint density at radius 1 is 0.778 bits per heavy atom. The number of hydrogen-bond donors (Lipinski definition) is 2. The molecule has 3 aromatic carbocycles. The van der Waals surface area contributed by atoms with Gasteiger partial charge in [0.2, 0.25) is 0 Å². The fraction of sp³-hybridized carbons (Fsp3) is 0.513. The average molecular weight is 619 g/mol. The number of aliphatic hydroxyl groups excluding tert-OH is 2. The summed E-state index contributed by atoms with van der Waals surface area (Å²) in [5.41, 5.74) is 5.18. The first-order valence-electron chi connectivity index (χ1n) is 16.6. The van der Waals surface area contributed by atoms with E-state index in [4.69, 9.17) is 14.2 Å². The number of methoxy groups -OCH3 is 1. The monoisotopic (exact) mass is 618 g/mol. The van der Waals surface area contributed by atoms with Crippen LogP contribution in [0, 0.1) is 11.8 Å². The molecule has 3 atom stereocenters. The quantitative estimate of drug-likeness (QED) is 0.0946. The highest BCUT2D eigenvalue weighted by Crippen LogP contribution is 2.48. The molecule has 45 heavy (non-hydrogen) atoms. The van der Waals surface area contributed by atoms with Gasteiger partial charge in [-0.3, -0.25) is 4.79 Å². The molecule has 6 nitrogen and oxygen atoms in total. The second kappa shape index (κ2) is 19.5. The molecule has 0 amide bonds. The molecule has 6 heteroatoms. The van der Waals surface area contributed by atoms with Crippen molar-refractivity contribution < 1.29 is 29.2 Å². The van der Waals surface area contributed by atoms with Crippen LogP contribution in [-0.4, -0.2) is 49.7 Å². The van der Waals surface area contributed by atoms with Crippen molar-refractivity contribution in [3.8, 4) is 0 Å². The van der Waals surface area contributed by atoms with Crippen LogP contribution in [0.5, 0.6) is 0 Å². The molecule has 0 radical (unpaired) electrons. The van der Waals surface area contributed by atoms with E-state index >= 15 is 0 Å². The summed E-state index contributed by atoms with van der Waals surface area (Å²) in [6.07, 6.45) is 4.71. The van der Waals surface area contributed by atoms with Crippen molar-refractivity contribution in [3.05, 3.63) is 107 Å². The van der Waals surface area contributed by atoms with Gasteiger partial charge in [-0.2, -0.15) is 0 Å². The lowest BCUT2D eigenvalue weighted by atomic mass is 9.62. The lowest BCUT2D eigenvalue weighted by Gasteiger charge is -2.41. The van der Waals surface area contributed by atoms with E-state index < -0.39 is 5.41 Å². The van der Waals surface area contributed by atoms with Gasteiger partial charge in [-0.25, -0.2) is 0 Å². The second-order valence-electron chi connectivity index (χ2n) is 12.4. The number of esters is 1. The number of aliphatic hydroxyl groups is 2. The topological polar surface area (TPSA) is 85.2 Å². The third-order valence-corrected chi connectivity index (χ3v) is 8.90. The largest absolute Gasteiger partial charge is 0.469 e. The fourth-order valence-corrected chi connectivity index (χ4v) is 6.29. The number of benzene rings is 3. The van der Waals surface area contributed by atoms with E-state index in [0.29, 0.717) is 51.6 Å². The summed E-state index contributed by atoms with van der Waals surface area (Å²) in [6, 6.07) is 28.0. The molecule has 246 valence electrons. The molecular formula is C39H54O6. The first kappa shape index (κ1) is 36.4. The summed E-state index contributed by atoms with van der Waals surface area (Å²) in [7, 11) is 1.46. The van der Waals surface area contributed by atoms with Crippen LogP contribution in [0.15, 0.2) is 78.9 Å². The zero-order chi connectivity index (χ0) is 32.5. The molecule has 0 heterocycles. The summed E-state index contributed by atoms with van der Waals surface area (Å²) >= 11 is 0. The van der Waals surface area contributed by atoms with Crippen molar-refractivity contribution in [1.29, 1.82) is 0 Å². The molecule has 0 aliphatic heterocycles. The van der Waals surface area contributed by atoms with Crippen molar-refractivity contribution >= 4 is 5.97 Å². The summed E-state index contributed by atoms with van der Waals surface area (Å²) in [4.78, 5) is 13.1. The predicted octanol–water partition coefficient (Wildman–Crippen LogP) is 7.58. The van der Waals surface area contributed by atoms with Gasteiger partial charge in [0, 0.05) is 31.8 Å². The molecule has 3 aromatic rings. The Hall–Kier alpha value is -3.03. The minimum atomic E-state index is -0.524. The number of carbonyl (C=O) groups is 1. The van der Waals surface area contributed by atoms with Crippen LogP contribution in [0.1, 0.15) is 93.0 Å². The first-order chi connectivity index (χ1) is 21.9. The highest BCUT2D eigenvalue weighted by molar-refractivity contribution is 5.72. The first-order valence-corrected chi connectivity index (χ1v) is 16.6. The van der Waals surface area contributed by atoms with Gasteiger partial charge >= 0.3 is 5.97 Å². The smallest absolute Gasteiger partial charge is 0.308 e. The van der Waals surface area contributed by atoms with E-state index in [0.717, 1.165) is 41.5 Å². The van der Waals surface area contributed by atoms with Crippen LogP contribution in [-0.2, 0) is 37.6 Å². The zero-order valence-electron chi connectivity index (χ0n) is 27.8. The Bertz CT molecular complexity index is 1200. The number of ether oxygens (including phenoxy) is 3. The van der Waals surface area contributed by atoms with E-state index in [9.17, 15) is 15.0 Å². The minimum absolute atomic E-state index is 0.103. The molecule has 0 bridgehead atoms. The second-order valence-corrected chi connectivity index (χ2v) is 12.4. The highest BCUT2D eigenvalue weighted by Gasteiger charge is 2.40. The van der Waals surface area contributed by atoms with Gasteiger partial charge in [0.25, 0.3) is 0 Å². The summed E-state index contributed by atoms with van der Waals surface area (Å²) in [5, 5.41) is 18.4. The maximum absolute atomic E-state index is 13.1. The maximum atomic E-state index is 13.1. The summed E-state index contributed by atoms with van der Waals surface area (Å²) in [6.45, 7) is 8.63. The van der Waals surface area contributed by atoms with Crippen molar-refractivity contribution in [3.63, 3.8) is 0 Å². The highest BCUT2D eigenvalue weighted by atomic mass is 16.5. The molecule has 0 aliphatic carbocycles. The standard InChI is InChI=1S/C39H54O6/c1-5-30(2)23-35(34-15-7-6-8-16-34)27-39(26-31(3)38(42)43-4,36-17-9-13-32(24-36)28-44-21-11-19-40)37-18-10-14-33(25-37)29-45-22-12-20-41/h6-10,13-18,24-25,30-31,35,40-41H,5,11-12,19-23,26-29H2,1-4H3. The minimum Gasteiger partial charge on any atom is -0.469 e. The lowest BCUT2D eigenvalue weighted by molar-refractivity contribution is -0.145. The molecule has 0 aromatic heterocycles. The molecule has 0 spiro atoms. The fourth-order valence-electron chi connectivity index (χ4n) is 6.29. The third kappa shape index (κ3) is 11.1. The van der Waals surface area contributed by atoms with Crippen LogP contribution in [0.2, 0.25) is 0 Å². The third-order valence-electron chi connectivity index (χ3n) is 8.90. The van der Waals surface area contributed by atoms with Gasteiger partial charge in [-0.05, 0) is 71.8 Å². The average Bonchev–Trinajstić information content (AvgIpc) is 3.08. The Balaban J connectivity index is 2.21. The van der Waals surface area contributed by atoms with E-state index in [1.165, 1.54) is 12.7 Å². The van der Waals surface area contributed by atoms with E-state index in [1.54, 1.807) is 0 Å². The molecular weight excluding hydrogens is 564 g/mol. The van der Waals surface area contributed by atoms with E-state index in [1.807, 2.05) is 6.92 Å². The van der Waals surface area contributed by atoms with Crippen LogP contribution >= 0.6 is 0 Å². The van der Waals surface area contributed by atoms with Gasteiger partial charge in [0.05, 0.1) is 26.2 Å². The normalized spacial score (nSPS) is 13.7. The van der Waals surface area contributed by atoms with Crippen LogP contribution in [0.25, 0.3) is 0 Å². The SMILES string of the molecule is CCC(C)CC(CC(CC(C)C(=O)OC)(c1cccc(COCCCO)c1)c1cccc(COCCCO)c1)c1ccccc1. The lowest BCUT2D eigenvalue weighted by Crippen LogP contribution is -2.35. The molecule has 0 saturated carbocycles. The Kier molecular flexibility index (Phi) is 15.8. The predicted molar refractivity (Wildman–Crippen MR) is 180 cm³/mol. The number of carbonyl (C=O) groups excluding carboxylic acids is 1. The molecule has 0 saturated heterocycles. The van der Waals surface area contributed by atoms with Crippen LogP contribution in [0.3, 0.4) is 0 Å². The number of hydrogen-bond acceptors (Lipinski definition) is 6. The Labute approximate surface area is 270 Å². The Morgan fingerprint density at radius 3 is 1.82 bits per heavy atom. The molecule has 0 fully saturated rings. The van der Waals surface area contributed by atoms with Crippen molar-refractivity contribution in [1.82, 2.24) is 0 Å². The maximum Gasteiger partial charge on any atom is 0.308 e. The van der Waals surface area contributed by atoms with Gasteiger partial charge < -0.3 is 24.4 Å². The zero-order valence-corrected chi connectivity index (χ0v) is 27.8. The van der Waals surface area contributed by atoms with Gasteiger partial charge in [-0.1, -0.05) is 106 Å². The van der Waals surface area contributed by atoms with Gasteiger partial charge in [0.1, 0.15) is 0 Å². The molecule has 3 unspecified atom stereocenters. The van der Waals surface area contributed by atoms with Crippen molar-refractivity contribution in [2.75, 3.05) is 33.5 Å². The molecule has 0 aliphatic rings. The Morgan fingerprint density at radius 2 is 1.33 bits per heavy atom. The summed E-state index contributed by atoms with van der Waals surface area (Å²) in [5.74, 6) is 0.219. The van der Waals surface area contributed by atoms with E-state index in [2.05, 4.69) is 92.7 Å². The van der Waals surface area contributed by atoms with Gasteiger partial charge in [0.15, 0.2) is 0 Å². The summed E-state index contributed by atoms with van der Waals surface area (Å²) < 4.78 is 17.1. The van der Waals surface area contributed by atoms with Gasteiger partial charge in [-0.15, -0.1) is 0 Å². The van der Waals surface area contributed by atoms with Crippen molar-refractivity contribution in [2.24, 2.45) is 11.8 Å². The number of rotatable bonds is 21. The van der Waals surface area contributed by atoms with E-state index in [-0.39, 0.29) is 31.0 Å². The molecule has 3 rings (SSSR count). The van der Waals surface area contributed by atoms with Crippen LogP contribution in [0.4, 0.5) is 0 Å². The van der Waals surface area contributed by atoms with Crippen LogP contribution < -0.4 is 0 Å². The van der Waals surface area contributed by atoms with Crippen molar-refractivity contribution in [2.45, 2.75) is 83.8 Å². The molecule has 2 N–H and O–H groups in total.